The summed E-state index contributed by atoms with van der Waals surface area (Å²) < 4.78 is 0. The maximum atomic E-state index is 12.2. The molecule has 0 radical (unpaired) electrons. The van der Waals surface area contributed by atoms with Crippen molar-refractivity contribution < 1.29 is 34.5 Å². The van der Waals surface area contributed by atoms with Gasteiger partial charge in [-0.3, -0.25) is 19.4 Å². The number of benzene rings is 1. The van der Waals surface area contributed by atoms with Gasteiger partial charge in [-0.2, -0.15) is 0 Å². The molecule has 0 bridgehead atoms. The number of carboxylic acid groups (broad SMARTS) is 2. The Morgan fingerprint density at radius 1 is 1.03 bits per heavy atom. The summed E-state index contributed by atoms with van der Waals surface area (Å²) in [6.07, 6.45) is 0.690. The van der Waals surface area contributed by atoms with Gasteiger partial charge >= 0.3 is 5.97 Å². The van der Waals surface area contributed by atoms with Gasteiger partial charge < -0.3 is 43.2 Å². The number of hydrogen-bond donors (Lipinski definition) is 8. The lowest BCUT2D eigenvalue weighted by Crippen LogP contribution is -2.53. The zero-order chi connectivity index (χ0) is 25.6. The number of aliphatic imine (C=N–C) groups is 1. The molecule has 0 saturated heterocycles. The van der Waals surface area contributed by atoms with Crippen LogP contribution in [0.1, 0.15) is 32.3 Å². The molecule has 1 aromatic carbocycles. The molecule has 3 atom stereocenters. The van der Waals surface area contributed by atoms with E-state index in [0.29, 0.717) is 6.42 Å². The van der Waals surface area contributed by atoms with E-state index in [0.717, 1.165) is 12.5 Å². The third-order valence-corrected chi connectivity index (χ3v) is 4.04. The first-order valence-electron chi connectivity index (χ1n) is 9.95. The number of nitrogens with zero attached hydrogens (tertiary/aromatic N) is 1. The van der Waals surface area contributed by atoms with E-state index in [4.69, 9.17) is 27.1 Å². The fraction of sp³-hybridized carbons (Fsp3) is 0.450. The number of hydrogen-bond acceptors (Lipinski definition) is 7. The molecule has 0 fully saturated rings. The Kier molecular flexibility index (Phi) is 13.3. The van der Waals surface area contributed by atoms with Gasteiger partial charge in [0, 0.05) is 13.5 Å². The molecule has 0 aromatic heterocycles. The van der Waals surface area contributed by atoms with Crippen molar-refractivity contribution in [3.8, 4) is 5.75 Å². The first kappa shape index (κ1) is 29.1. The predicted octanol–water partition coefficient (Wildman–Crippen LogP) is -1.52. The second-order valence-electron chi connectivity index (χ2n) is 7.07. The summed E-state index contributed by atoms with van der Waals surface area (Å²) >= 11 is 0. The second-order valence-corrected chi connectivity index (χ2v) is 7.07. The summed E-state index contributed by atoms with van der Waals surface area (Å²) in [5, 5.41) is 30.8. The summed E-state index contributed by atoms with van der Waals surface area (Å²) in [6, 6.07) is 3.21. The Bertz CT molecular complexity index is 821. The Morgan fingerprint density at radius 2 is 1.58 bits per heavy atom. The maximum Gasteiger partial charge on any atom is 0.326 e. The van der Waals surface area contributed by atoms with Crippen molar-refractivity contribution in [1.82, 2.24) is 10.6 Å². The van der Waals surface area contributed by atoms with E-state index in [9.17, 15) is 24.6 Å². The fourth-order valence-corrected chi connectivity index (χ4v) is 2.42. The van der Waals surface area contributed by atoms with Crippen LogP contribution in [0.25, 0.3) is 0 Å². The van der Waals surface area contributed by atoms with Crippen LogP contribution in [0.4, 0.5) is 0 Å². The zero-order valence-electron chi connectivity index (χ0n) is 18.5. The van der Waals surface area contributed by atoms with Crippen molar-refractivity contribution in [3.05, 3.63) is 29.8 Å². The van der Waals surface area contributed by atoms with E-state index in [1.54, 1.807) is 12.1 Å². The Morgan fingerprint density at radius 3 is 2.06 bits per heavy atom. The van der Waals surface area contributed by atoms with E-state index in [1.807, 2.05) is 0 Å². The maximum absolute atomic E-state index is 12.2. The van der Waals surface area contributed by atoms with E-state index in [-0.39, 0.29) is 31.1 Å². The van der Waals surface area contributed by atoms with E-state index < -0.39 is 41.9 Å². The molecule has 0 aliphatic carbocycles. The molecule has 2 amide bonds. The van der Waals surface area contributed by atoms with Gasteiger partial charge in [0.05, 0.1) is 6.04 Å². The van der Waals surface area contributed by atoms with Crippen LogP contribution in [0.15, 0.2) is 29.3 Å². The van der Waals surface area contributed by atoms with Gasteiger partial charge in [-0.15, -0.1) is 0 Å². The first-order valence-corrected chi connectivity index (χ1v) is 9.95. The molecule has 0 aliphatic heterocycles. The molecule has 13 heteroatoms. The van der Waals surface area contributed by atoms with Crippen molar-refractivity contribution in [1.29, 1.82) is 0 Å². The molecule has 13 nitrogen and oxygen atoms in total. The molecule has 184 valence electrons. The largest absolute Gasteiger partial charge is 0.508 e. The molecule has 1 aromatic rings. The minimum absolute atomic E-state index is 0.0964. The molecule has 33 heavy (non-hydrogen) atoms. The summed E-state index contributed by atoms with van der Waals surface area (Å²) in [7, 11) is 0. The zero-order valence-corrected chi connectivity index (χ0v) is 18.5. The monoisotopic (exact) mass is 468 g/mol. The van der Waals surface area contributed by atoms with Crippen molar-refractivity contribution in [3.63, 3.8) is 0 Å². The summed E-state index contributed by atoms with van der Waals surface area (Å²) in [5.74, 6) is -3.24. The lowest BCUT2D eigenvalue weighted by Gasteiger charge is -2.20. The lowest BCUT2D eigenvalue weighted by molar-refractivity contribution is -0.142. The molecule has 0 saturated carbocycles. The molecule has 0 spiro atoms. The molecule has 1 rings (SSSR count). The van der Waals surface area contributed by atoms with Crippen LogP contribution in [-0.2, 0) is 25.6 Å². The van der Waals surface area contributed by atoms with Gasteiger partial charge in [-0.05, 0) is 43.9 Å². The molecule has 0 unspecified atom stereocenters. The highest BCUT2D eigenvalue weighted by Gasteiger charge is 2.25. The number of rotatable bonds is 11. The van der Waals surface area contributed by atoms with Crippen LogP contribution in [0.5, 0.6) is 5.75 Å². The van der Waals surface area contributed by atoms with Gasteiger partial charge in [0.1, 0.15) is 17.8 Å². The number of aromatic hydroxyl groups is 1. The Hall–Kier alpha value is -3.87. The van der Waals surface area contributed by atoms with Gasteiger partial charge in [-0.25, -0.2) is 4.79 Å². The molecule has 11 N–H and O–H groups in total. The van der Waals surface area contributed by atoms with Crippen molar-refractivity contribution in [2.24, 2.45) is 22.2 Å². The SMILES string of the molecule is CC(=O)O.C[C@H](NC(=O)[C@@H](N)Cc1ccc(O)cc1)C(=O)N[C@@H](CCCN=C(N)N)C(=O)O. The average molecular weight is 469 g/mol. The third-order valence-electron chi connectivity index (χ3n) is 4.04. The third kappa shape index (κ3) is 13.9. The summed E-state index contributed by atoms with van der Waals surface area (Å²) in [4.78, 5) is 48.5. The van der Waals surface area contributed by atoms with Gasteiger partial charge in [-0.1, -0.05) is 12.1 Å². The van der Waals surface area contributed by atoms with E-state index in [2.05, 4.69) is 15.6 Å². The van der Waals surface area contributed by atoms with Gasteiger partial charge in [0.25, 0.3) is 5.97 Å². The second kappa shape index (κ2) is 15.0. The molecule has 0 aliphatic rings. The van der Waals surface area contributed by atoms with Crippen LogP contribution in [-0.4, -0.2) is 69.7 Å². The number of phenols is 1. The number of aliphatic carboxylic acids is 2. The lowest BCUT2D eigenvalue weighted by atomic mass is 10.1. The quantitative estimate of drug-likeness (QED) is 0.106. The minimum Gasteiger partial charge on any atom is -0.508 e. The smallest absolute Gasteiger partial charge is 0.326 e. The number of nitrogens with two attached hydrogens (primary N) is 3. The minimum atomic E-state index is -1.20. The van der Waals surface area contributed by atoms with Crippen LogP contribution in [0, 0.1) is 0 Å². The molecule has 0 heterocycles. The number of carboxylic acids is 2. The van der Waals surface area contributed by atoms with E-state index >= 15 is 0 Å². The summed E-state index contributed by atoms with van der Waals surface area (Å²) in [5.41, 5.74) is 17.0. The number of phenolic OH excluding ortho intramolecular Hbond substituents is 1. The molecular formula is C20H32N6O7. The van der Waals surface area contributed by atoms with Crippen LogP contribution < -0.4 is 27.8 Å². The van der Waals surface area contributed by atoms with Gasteiger partial charge in [0.15, 0.2) is 5.96 Å². The normalized spacial score (nSPS) is 12.7. The van der Waals surface area contributed by atoms with Crippen LogP contribution >= 0.6 is 0 Å². The standard InChI is InChI=1S/C18H28N6O5.C2H4O2/c1-10(15(26)24-14(17(28)29)3-2-8-22-18(20)21)23-16(27)13(19)9-11-4-6-12(25)7-5-11;1-2(3)4/h4-7,10,13-14,25H,2-3,8-9,19H2,1H3,(H,23,27)(H,24,26)(H,28,29)(H4,20,21,22);1H3,(H,3,4)/t10-,13-,14-;/m0./s1. The number of carbonyl (C=O) groups excluding carboxylic acids is 2. The summed E-state index contributed by atoms with van der Waals surface area (Å²) in [6.45, 7) is 2.75. The predicted molar refractivity (Wildman–Crippen MR) is 120 cm³/mol. The first-order chi connectivity index (χ1) is 15.3. The highest BCUT2D eigenvalue weighted by molar-refractivity contribution is 5.91. The highest BCUT2D eigenvalue weighted by atomic mass is 16.4. The Balaban J connectivity index is 0.00000235. The fourth-order valence-electron chi connectivity index (χ4n) is 2.42. The van der Waals surface area contributed by atoms with Gasteiger partial charge in [0.2, 0.25) is 11.8 Å². The van der Waals surface area contributed by atoms with Crippen molar-refractivity contribution in [2.75, 3.05) is 6.54 Å². The molecular weight excluding hydrogens is 436 g/mol. The highest BCUT2D eigenvalue weighted by Crippen LogP contribution is 2.11. The van der Waals surface area contributed by atoms with Crippen LogP contribution in [0.2, 0.25) is 0 Å². The number of nitrogens with one attached hydrogen (secondary N) is 2. The number of amides is 2. The number of guanidine groups is 1. The Labute approximate surface area is 191 Å². The average Bonchev–Trinajstić information content (AvgIpc) is 2.70. The van der Waals surface area contributed by atoms with Crippen LogP contribution in [0.3, 0.4) is 0 Å². The van der Waals surface area contributed by atoms with Crippen molar-refractivity contribution >= 4 is 29.7 Å². The van der Waals surface area contributed by atoms with Crippen molar-refractivity contribution in [2.45, 2.75) is 51.2 Å². The topological polar surface area (TPSA) is 243 Å². The number of carbonyl (C=O) groups is 4. The van der Waals surface area contributed by atoms with E-state index in [1.165, 1.54) is 19.1 Å².